The first-order valence-corrected chi connectivity index (χ1v) is 11.5. The number of aromatic nitrogens is 3. The highest BCUT2D eigenvalue weighted by molar-refractivity contribution is 6.12. The Morgan fingerprint density at radius 3 is 2.60 bits per heavy atom. The van der Waals surface area contributed by atoms with Gasteiger partial charge in [-0.1, -0.05) is 13.8 Å². The van der Waals surface area contributed by atoms with Gasteiger partial charge in [-0.25, -0.2) is 14.6 Å². The summed E-state index contributed by atoms with van der Waals surface area (Å²) in [4.78, 5) is 57.1. The van der Waals surface area contributed by atoms with Gasteiger partial charge in [0.2, 0.25) is 0 Å². The van der Waals surface area contributed by atoms with Gasteiger partial charge >= 0.3 is 11.7 Å². The minimum atomic E-state index is -0.645. The Balaban J connectivity index is 1.73. The molecule has 2 aromatic heterocycles. The van der Waals surface area contributed by atoms with Crippen LogP contribution in [0.1, 0.15) is 54.2 Å². The molecule has 0 atom stereocenters. The van der Waals surface area contributed by atoms with Crippen LogP contribution in [0.5, 0.6) is 5.75 Å². The van der Waals surface area contributed by atoms with Gasteiger partial charge in [0.05, 0.1) is 18.1 Å². The second-order valence-corrected chi connectivity index (χ2v) is 9.13. The molecule has 3 aromatic rings. The van der Waals surface area contributed by atoms with E-state index >= 15 is 0 Å². The Labute approximate surface area is 201 Å². The number of carbonyl (C=O) groups is 2. The highest BCUT2D eigenvalue weighted by Gasteiger charge is 2.29. The quantitative estimate of drug-likeness (QED) is 0.474. The summed E-state index contributed by atoms with van der Waals surface area (Å²) in [5, 5.41) is 2.94. The number of hydrogen-bond donors (Lipinski definition) is 2. The second kappa shape index (κ2) is 9.73. The monoisotopic (exact) mass is 480 g/mol. The smallest absolute Gasteiger partial charge is 0.343 e. The summed E-state index contributed by atoms with van der Waals surface area (Å²) in [6, 6.07) is 6.62. The lowest BCUT2D eigenvalue weighted by Crippen LogP contribution is -2.33. The number of pyridine rings is 1. The van der Waals surface area contributed by atoms with Crippen LogP contribution in [0.3, 0.4) is 0 Å². The van der Waals surface area contributed by atoms with Crippen molar-refractivity contribution < 1.29 is 19.1 Å². The van der Waals surface area contributed by atoms with Crippen LogP contribution in [0.4, 0.5) is 5.69 Å². The maximum Gasteiger partial charge on any atom is 0.343 e. The van der Waals surface area contributed by atoms with Gasteiger partial charge in [-0.3, -0.25) is 19.1 Å². The van der Waals surface area contributed by atoms with Crippen LogP contribution in [0, 0.1) is 12.8 Å². The van der Waals surface area contributed by atoms with Crippen molar-refractivity contribution in [2.75, 3.05) is 19.0 Å². The number of esters is 1. The largest absolute Gasteiger partial charge is 0.482 e. The van der Waals surface area contributed by atoms with Crippen LogP contribution >= 0.6 is 0 Å². The van der Waals surface area contributed by atoms with Gasteiger partial charge in [0.15, 0.2) is 12.3 Å². The van der Waals surface area contributed by atoms with E-state index in [0.717, 1.165) is 12.8 Å². The summed E-state index contributed by atoms with van der Waals surface area (Å²) < 4.78 is 11.4. The van der Waals surface area contributed by atoms with Crippen LogP contribution < -0.4 is 21.3 Å². The van der Waals surface area contributed by atoms with Crippen molar-refractivity contribution in [3.63, 3.8) is 0 Å². The molecule has 1 fully saturated rings. The minimum Gasteiger partial charge on any atom is -0.482 e. The number of anilines is 1. The molecule has 1 saturated carbocycles. The maximum absolute atomic E-state index is 13.4. The number of aromatic amines is 1. The Morgan fingerprint density at radius 1 is 1.23 bits per heavy atom. The van der Waals surface area contributed by atoms with E-state index < -0.39 is 23.1 Å². The van der Waals surface area contributed by atoms with Crippen molar-refractivity contribution in [3.8, 4) is 5.75 Å². The fourth-order valence-corrected chi connectivity index (χ4v) is 3.85. The van der Waals surface area contributed by atoms with Gasteiger partial charge in [0.1, 0.15) is 5.75 Å². The number of carbonyl (C=O) groups excluding carboxylic acids is 2. The average molecular weight is 481 g/mol. The van der Waals surface area contributed by atoms with Gasteiger partial charge in [0, 0.05) is 23.8 Å². The molecule has 1 aliphatic rings. The molecule has 1 aromatic carbocycles. The van der Waals surface area contributed by atoms with E-state index in [0.29, 0.717) is 29.2 Å². The van der Waals surface area contributed by atoms with Crippen LogP contribution in [0.25, 0.3) is 11.0 Å². The van der Waals surface area contributed by atoms with Crippen LogP contribution in [0.2, 0.25) is 0 Å². The summed E-state index contributed by atoms with van der Waals surface area (Å²) in [5.74, 6) is -0.192. The fraction of sp³-hybridized carbons (Fsp3) is 0.400. The Morgan fingerprint density at radius 2 is 1.97 bits per heavy atom. The normalized spacial score (nSPS) is 13.2. The third-order valence-corrected chi connectivity index (χ3v) is 5.79. The molecular formula is C25H28N4O6. The van der Waals surface area contributed by atoms with E-state index in [1.807, 2.05) is 13.8 Å². The standard InChI is InChI=1S/C25H28N4O6/c1-13(2)11-29-22-21(24(32)28-25(29)33)17(10-19(26-22)15-5-6-15)23(31)27-18-8-7-16(9-14(18)3)35-12-20(30)34-4/h7-10,13,15H,5-6,11-12H2,1-4H3,(H,27,31)(H,28,32,33). The van der Waals surface area contributed by atoms with Crippen LogP contribution in [0.15, 0.2) is 33.9 Å². The predicted octanol–water partition coefficient (Wildman–Crippen LogP) is 2.73. The number of nitrogens with one attached hydrogen (secondary N) is 2. The first-order valence-electron chi connectivity index (χ1n) is 11.5. The molecule has 0 saturated heterocycles. The molecule has 2 heterocycles. The summed E-state index contributed by atoms with van der Waals surface area (Å²) >= 11 is 0. The molecule has 1 amide bonds. The van der Waals surface area contributed by atoms with Crippen molar-refractivity contribution >= 4 is 28.6 Å². The molecule has 10 heteroatoms. The number of benzene rings is 1. The zero-order chi connectivity index (χ0) is 25.3. The zero-order valence-corrected chi connectivity index (χ0v) is 20.1. The summed E-state index contributed by atoms with van der Waals surface area (Å²) in [5.41, 5.74) is 1.13. The van der Waals surface area contributed by atoms with Crippen molar-refractivity contribution in [1.29, 1.82) is 0 Å². The first kappa shape index (κ1) is 24.2. The predicted molar refractivity (Wildman–Crippen MR) is 130 cm³/mol. The summed E-state index contributed by atoms with van der Waals surface area (Å²) in [6.45, 7) is 5.84. The molecule has 0 unspecified atom stereocenters. The number of nitrogens with zero attached hydrogens (tertiary/aromatic N) is 2. The second-order valence-electron chi connectivity index (χ2n) is 9.13. The molecule has 0 spiro atoms. The van der Waals surface area contributed by atoms with E-state index in [-0.39, 0.29) is 35.0 Å². The molecule has 0 bridgehead atoms. The molecule has 35 heavy (non-hydrogen) atoms. The summed E-state index contributed by atoms with van der Waals surface area (Å²) in [6.07, 6.45) is 1.90. The average Bonchev–Trinajstić information content (AvgIpc) is 3.66. The summed E-state index contributed by atoms with van der Waals surface area (Å²) in [7, 11) is 1.28. The zero-order valence-electron chi connectivity index (χ0n) is 20.1. The highest BCUT2D eigenvalue weighted by atomic mass is 16.6. The molecule has 2 N–H and O–H groups in total. The third-order valence-electron chi connectivity index (χ3n) is 5.79. The number of methoxy groups -OCH3 is 1. The van der Waals surface area contributed by atoms with Crippen molar-refractivity contribution in [1.82, 2.24) is 14.5 Å². The molecule has 0 aliphatic heterocycles. The lowest BCUT2D eigenvalue weighted by atomic mass is 10.1. The number of aryl methyl sites for hydroxylation is 1. The Hall–Kier alpha value is -3.95. The number of rotatable bonds is 8. The molecule has 4 rings (SSSR count). The van der Waals surface area contributed by atoms with E-state index in [9.17, 15) is 19.2 Å². The van der Waals surface area contributed by atoms with E-state index in [4.69, 9.17) is 4.74 Å². The molecule has 1 aliphatic carbocycles. The molecule has 0 radical (unpaired) electrons. The Bertz CT molecular complexity index is 1420. The fourth-order valence-electron chi connectivity index (χ4n) is 3.85. The lowest BCUT2D eigenvalue weighted by molar-refractivity contribution is -0.142. The van der Waals surface area contributed by atoms with E-state index in [2.05, 4.69) is 20.0 Å². The van der Waals surface area contributed by atoms with Gasteiger partial charge < -0.3 is 14.8 Å². The topological polar surface area (TPSA) is 132 Å². The number of ether oxygens (including phenoxy) is 2. The van der Waals surface area contributed by atoms with Gasteiger partial charge in [0.25, 0.3) is 11.5 Å². The van der Waals surface area contributed by atoms with Crippen LogP contribution in [-0.2, 0) is 16.1 Å². The Kier molecular flexibility index (Phi) is 6.72. The van der Waals surface area contributed by atoms with E-state index in [1.54, 1.807) is 31.2 Å². The van der Waals surface area contributed by atoms with Gasteiger partial charge in [-0.15, -0.1) is 0 Å². The molecule has 184 valence electrons. The maximum atomic E-state index is 13.4. The van der Waals surface area contributed by atoms with Gasteiger partial charge in [-0.2, -0.15) is 0 Å². The number of amides is 1. The van der Waals surface area contributed by atoms with Crippen molar-refractivity contribution in [2.45, 2.75) is 46.1 Å². The number of H-pyrrole nitrogens is 1. The van der Waals surface area contributed by atoms with Crippen molar-refractivity contribution in [3.05, 3.63) is 61.9 Å². The SMILES string of the molecule is COC(=O)COc1ccc(NC(=O)c2cc(C3CC3)nc3c2c(=O)[nH]c(=O)n3CC(C)C)c(C)c1. The van der Waals surface area contributed by atoms with Crippen molar-refractivity contribution in [2.24, 2.45) is 5.92 Å². The first-order chi connectivity index (χ1) is 16.7. The van der Waals surface area contributed by atoms with E-state index in [1.165, 1.54) is 11.7 Å². The number of hydrogen-bond acceptors (Lipinski definition) is 7. The van der Waals surface area contributed by atoms with Crippen LogP contribution in [-0.4, -0.2) is 40.1 Å². The third kappa shape index (κ3) is 5.26. The molecular weight excluding hydrogens is 452 g/mol. The lowest BCUT2D eigenvalue weighted by Gasteiger charge is -2.15. The molecule has 10 nitrogen and oxygen atoms in total. The van der Waals surface area contributed by atoms with Gasteiger partial charge in [-0.05, 0) is 55.5 Å². The number of fused-ring (bicyclic) bond motifs is 1. The highest BCUT2D eigenvalue weighted by Crippen LogP contribution is 2.40. The minimum absolute atomic E-state index is 0.0860.